The predicted molar refractivity (Wildman–Crippen MR) is 50.5 cm³/mol. The molecular formula is C9H12F3N3O. The number of nitrogens with zero attached hydrogens (tertiary/aromatic N) is 2. The van der Waals surface area contributed by atoms with Crippen LogP contribution in [0, 0.1) is 0 Å². The van der Waals surface area contributed by atoms with Gasteiger partial charge < -0.3 is 10.5 Å². The number of alkyl halides is 3. The molecule has 0 unspecified atom stereocenters. The van der Waals surface area contributed by atoms with E-state index < -0.39 is 12.8 Å². The van der Waals surface area contributed by atoms with E-state index in [1.807, 2.05) is 0 Å². The second-order valence-corrected chi connectivity index (χ2v) is 3.09. The molecule has 1 aromatic rings. The second kappa shape index (κ2) is 5.76. The second-order valence-electron chi connectivity index (χ2n) is 3.09. The molecular weight excluding hydrogens is 223 g/mol. The Bertz CT molecular complexity index is 330. The van der Waals surface area contributed by atoms with Crippen LogP contribution in [0.2, 0.25) is 0 Å². The van der Waals surface area contributed by atoms with Crippen LogP contribution in [0.3, 0.4) is 0 Å². The summed E-state index contributed by atoms with van der Waals surface area (Å²) in [6.07, 6.45) is -2.53. The van der Waals surface area contributed by atoms with E-state index in [-0.39, 0.29) is 19.6 Å². The number of nitrogens with two attached hydrogens (primary N) is 1. The summed E-state index contributed by atoms with van der Waals surface area (Å²) in [5, 5.41) is 0. The van der Waals surface area contributed by atoms with Gasteiger partial charge in [-0.3, -0.25) is 0 Å². The lowest BCUT2D eigenvalue weighted by Gasteiger charge is -2.07. The van der Waals surface area contributed by atoms with E-state index in [0.717, 1.165) is 0 Å². The van der Waals surface area contributed by atoms with Gasteiger partial charge in [0, 0.05) is 19.2 Å². The van der Waals surface area contributed by atoms with Crippen LogP contribution in [-0.4, -0.2) is 29.4 Å². The maximum absolute atomic E-state index is 11.7. The number of hydrogen-bond acceptors (Lipinski definition) is 4. The molecule has 0 atom stereocenters. The molecule has 4 nitrogen and oxygen atoms in total. The maximum atomic E-state index is 11.7. The van der Waals surface area contributed by atoms with Crippen molar-refractivity contribution in [2.45, 2.75) is 19.1 Å². The van der Waals surface area contributed by atoms with Crippen molar-refractivity contribution in [1.82, 2.24) is 9.97 Å². The van der Waals surface area contributed by atoms with Gasteiger partial charge in [-0.1, -0.05) is 0 Å². The van der Waals surface area contributed by atoms with Gasteiger partial charge in [0.05, 0.1) is 12.3 Å². The zero-order valence-corrected chi connectivity index (χ0v) is 8.50. The van der Waals surface area contributed by atoms with Crippen molar-refractivity contribution >= 4 is 0 Å². The first-order valence-electron chi connectivity index (χ1n) is 4.66. The van der Waals surface area contributed by atoms with E-state index in [1.54, 1.807) is 6.07 Å². The van der Waals surface area contributed by atoms with Crippen molar-refractivity contribution in [2.24, 2.45) is 5.73 Å². The molecule has 0 saturated carbocycles. The zero-order valence-electron chi connectivity index (χ0n) is 8.50. The molecule has 0 spiro atoms. The SMILES string of the molecule is NCc1ccnc(CCOCC(F)(F)F)n1. The summed E-state index contributed by atoms with van der Waals surface area (Å²) < 4.78 is 39.6. The lowest BCUT2D eigenvalue weighted by atomic mass is 10.3. The predicted octanol–water partition coefficient (Wildman–Crippen LogP) is 1.06. The van der Waals surface area contributed by atoms with E-state index in [4.69, 9.17) is 5.73 Å². The van der Waals surface area contributed by atoms with Crippen molar-refractivity contribution in [3.63, 3.8) is 0 Å². The Morgan fingerprint density at radius 1 is 1.38 bits per heavy atom. The molecule has 1 aromatic heterocycles. The summed E-state index contributed by atoms with van der Waals surface area (Å²) in [7, 11) is 0. The van der Waals surface area contributed by atoms with Gasteiger partial charge in [0.2, 0.25) is 0 Å². The monoisotopic (exact) mass is 235 g/mol. The normalized spacial score (nSPS) is 11.8. The highest BCUT2D eigenvalue weighted by Crippen LogP contribution is 2.14. The molecule has 0 aromatic carbocycles. The minimum absolute atomic E-state index is 0.0620. The van der Waals surface area contributed by atoms with Crippen molar-refractivity contribution in [3.8, 4) is 0 Å². The number of ether oxygens (including phenoxy) is 1. The van der Waals surface area contributed by atoms with Crippen LogP contribution in [0.5, 0.6) is 0 Å². The summed E-state index contributed by atoms with van der Waals surface area (Å²) in [5.74, 6) is 0.435. The highest BCUT2D eigenvalue weighted by atomic mass is 19.4. The van der Waals surface area contributed by atoms with E-state index in [0.29, 0.717) is 11.5 Å². The van der Waals surface area contributed by atoms with Gasteiger partial charge >= 0.3 is 6.18 Å². The molecule has 90 valence electrons. The van der Waals surface area contributed by atoms with Crippen LogP contribution >= 0.6 is 0 Å². The highest BCUT2D eigenvalue weighted by molar-refractivity contribution is 5.01. The number of halogens is 3. The quantitative estimate of drug-likeness (QED) is 0.775. The Balaban J connectivity index is 2.32. The maximum Gasteiger partial charge on any atom is 0.411 e. The van der Waals surface area contributed by atoms with Crippen molar-refractivity contribution < 1.29 is 17.9 Å². The number of hydrogen-bond donors (Lipinski definition) is 1. The molecule has 1 rings (SSSR count). The first kappa shape index (κ1) is 12.9. The minimum Gasteiger partial charge on any atom is -0.372 e. The largest absolute Gasteiger partial charge is 0.411 e. The summed E-state index contributed by atoms with van der Waals surface area (Å²) in [5.41, 5.74) is 6.01. The lowest BCUT2D eigenvalue weighted by Crippen LogP contribution is -2.18. The lowest BCUT2D eigenvalue weighted by molar-refractivity contribution is -0.173. The highest BCUT2D eigenvalue weighted by Gasteiger charge is 2.27. The molecule has 0 aliphatic heterocycles. The molecule has 2 N–H and O–H groups in total. The fourth-order valence-corrected chi connectivity index (χ4v) is 1.03. The summed E-state index contributed by atoms with van der Waals surface area (Å²) in [6, 6.07) is 1.65. The first-order chi connectivity index (χ1) is 7.51. The Morgan fingerprint density at radius 2 is 2.12 bits per heavy atom. The van der Waals surface area contributed by atoms with Crippen LogP contribution in [0.4, 0.5) is 13.2 Å². The van der Waals surface area contributed by atoms with E-state index in [2.05, 4.69) is 14.7 Å². The third-order valence-corrected chi connectivity index (χ3v) is 1.71. The van der Waals surface area contributed by atoms with Gasteiger partial charge in [-0.25, -0.2) is 9.97 Å². The molecule has 0 amide bonds. The summed E-state index contributed by atoms with van der Waals surface area (Å²) >= 11 is 0. The molecule has 0 aliphatic rings. The molecule has 0 bridgehead atoms. The third kappa shape index (κ3) is 5.04. The van der Waals surface area contributed by atoms with Gasteiger partial charge in [-0.2, -0.15) is 13.2 Å². The molecule has 0 saturated heterocycles. The number of rotatable bonds is 5. The fourth-order valence-electron chi connectivity index (χ4n) is 1.03. The molecule has 7 heteroatoms. The topological polar surface area (TPSA) is 61.0 Å². The standard InChI is InChI=1S/C9H12F3N3O/c10-9(11,12)6-16-4-2-8-14-3-1-7(5-13)15-8/h1,3H,2,4-6,13H2. The van der Waals surface area contributed by atoms with Crippen molar-refractivity contribution in [3.05, 3.63) is 23.8 Å². The summed E-state index contributed by atoms with van der Waals surface area (Å²) in [4.78, 5) is 7.92. The van der Waals surface area contributed by atoms with Gasteiger partial charge in [0.25, 0.3) is 0 Å². The average molecular weight is 235 g/mol. The smallest absolute Gasteiger partial charge is 0.372 e. The Morgan fingerprint density at radius 3 is 2.75 bits per heavy atom. The molecule has 1 heterocycles. The zero-order chi connectivity index (χ0) is 12.0. The Labute approximate surface area is 90.6 Å². The van der Waals surface area contributed by atoms with E-state index in [9.17, 15) is 13.2 Å². The molecule has 16 heavy (non-hydrogen) atoms. The van der Waals surface area contributed by atoms with Gasteiger partial charge in [0.15, 0.2) is 0 Å². The third-order valence-electron chi connectivity index (χ3n) is 1.71. The summed E-state index contributed by atoms with van der Waals surface area (Å²) in [6.45, 7) is -1.03. The van der Waals surface area contributed by atoms with E-state index >= 15 is 0 Å². The van der Waals surface area contributed by atoms with Gasteiger partial charge in [-0.15, -0.1) is 0 Å². The van der Waals surface area contributed by atoms with Crippen LogP contribution in [0.15, 0.2) is 12.3 Å². The molecule has 0 radical (unpaired) electrons. The van der Waals surface area contributed by atoms with Crippen LogP contribution < -0.4 is 5.73 Å². The Kier molecular flexibility index (Phi) is 4.63. The molecule has 0 fully saturated rings. The van der Waals surface area contributed by atoms with Crippen LogP contribution in [0.1, 0.15) is 11.5 Å². The van der Waals surface area contributed by atoms with Crippen LogP contribution in [-0.2, 0) is 17.7 Å². The average Bonchev–Trinajstić information content (AvgIpc) is 2.23. The van der Waals surface area contributed by atoms with Gasteiger partial charge in [0.1, 0.15) is 12.4 Å². The number of aromatic nitrogens is 2. The minimum atomic E-state index is -4.29. The fraction of sp³-hybridized carbons (Fsp3) is 0.556. The Hall–Kier alpha value is -1.21. The first-order valence-corrected chi connectivity index (χ1v) is 4.66. The van der Waals surface area contributed by atoms with Crippen molar-refractivity contribution in [2.75, 3.05) is 13.2 Å². The molecule has 0 aliphatic carbocycles. The van der Waals surface area contributed by atoms with Crippen molar-refractivity contribution in [1.29, 1.82) is 0 Å². The van der Waals surface area contributed by atoms with Crippen LogP contribution in [0.25, 0.3) is 0 Å². The van der Waals surface area contributed by atoms with Gasteiger partial charge in [-0.05, 0) is 6.07 Å². The van der Waals surface area contributed by atoms with E-state index in [1.165, 1.54) is 6.20 Å².